The van der Waals surface area contributed by atoms with Crippen molar-refractivity contribution < 1.29 is 9.53 Å². The van der Waals surface area contributed by atoms with Crippen LogP contribution in [0.25, 0.3) is 0 Å². The van der Waals surface area contributed by atoms with Crippen molar-refractivity contribution >= 4 is 29.1 Å². The summed E-state index contributed by atoms with van der Waals surface area (Å²) in [6, 6.07) is 7.21. The number of amides is 1. The van der Waals surface area contributed by atoms with Crippen molar-refractivity contribution in [2.45, 2.75) is 38.3 Å². The van der Waals surface area contributed by atoms with Gasteiger partial charge in [-0.05, 0) is 43.9 Å². The lowest BCUT2D eigenvalue weighted by molar-refractivity contribution is -0.128. The lowest BCUT2D eigenvalue weighted by Crippen LogP contribution is -2.44. The number of hydrogen-bond acceptors (Lipinski definition) is 2. The van der Waals surface area contributed by atoms with Gasteiger partial charge in [-0.1, -0.05) is 24.1 Å². The molecule has 1 aliphatic rings. The third-order valence-electron chi connectivity index (χ3n) is 3.66. The van der Waals surface area contributed by atoms with Crippen molar-refractivity contribution in [3.8, 4) is 5.75 Å². The van der Waals surface area contributed by atoms with Crippen LogP contribution in [-0.2, 0) is 4.79 Å². The Balaban J connectivity index is 1.89. The third-order valence-corrected chi connectivity index (χ3v) is 4.29. The maximum atomic E-state index is 12.1. The molecule has 1 aromatic rings. The zero-order chi connectivity index (χ0) is 14.5. The topological polar surface area (TPSA) is 38.3 Å². The van der Waals surface area contributed by atoms with Crippen LogP contribution in [0.15, 0.2) is 24.3 Å². The molecule has 1 aliphatic carbocycles. The highest BCUT2D eigenvalue weighted by molar-refractivity contribution is 6.30. The van der Waals surface area contributed by atoms with E-state index in [0.29, 0.717) is 22.6 Å². The standard InChI is InChI=1S/C15H19Cl2NO2/c1-10(20-13-6-3-5-12(17)8-13)15(19)18-14-7-2-4-11(14)9-16/h3,5-6,8,10-11,14H,2,4,7,9H2,1H3,(H,18,19). The molecule has 1 aromatic carbocycles. The number of alkyl halides is 1. The maximum Gasteiger partial charge on any atom is 0.261 e. The Morgan fingerprint density at radius 2 is 2.30 bits per heavy atom. The molecule has 0 radical (unpaired) electrons. The predicted octanol–water partition coefficient (Wildman–Crippen LogP) is 3.63. The second kappa shape index (κ2) is 7.19. The maximum absolute atomic E-state index is 12.1. The number of ether oxygens (including phenoxy) is 1. The lowest BCUT2D eigenvalue weighted by Gasteiger charge is -2.22. The SMILES string of the molecule is CC(Oc1cccc(Cl)c1)C(=O)NC1CCCC1CCl. The Morgan fingerprint density at radius 3 is 3.00 bits per heavy atom. The van der Waals surface area contributed by atoms with E-state index >= 15 is 0 Å². The van der Waals surface area contributed by atoms with E-state index in [9.17, 15) is 4.79 Å². The molecule has 0 saturated heterocycles. The molecule has 3 atom stereocenters. The fourth-order valence-electron chi connectivity index (χ4n) is 2.51. The van der Waals surface area contributed by atoms with Crippen molar-refractivity contribution in [3.63, 3.8) is 0 Å². The molecule has 3 unspecified atom stereocenters. The molecule has 1 amide bonds. The number of nitrogens with one attached hydrogen (secondary N) is 1. The molecule has 2 rings (SSSR count). The van der Waals surface area contributed by atoms with Crippen LogP contribution in [0.3, 0.4) is 0 Å². The fraction of sp³-hybridized carbons (Fsp3) is 0.533. The quantitative estimate of drug-likeness (QED) is 0.843. The Labute approximate surface area is 129 Å². The summed E-state index contributed by atoms with van der Waals surface area (Å²) in [4.78, 5) is 12.1. The summed E-state index contributed by atoms with van der Waals surface area (Å²) in [5, 5.41) is 3.62. The Bertz CT molecular complexity index is 467. The van der Waals surface area contributed by atoms with Crippen molar-refractivity contribution in [3.05, 3.63) is 29.3 Å². The van der Waals surface area contributed by atoms with Gasteiger partial charge in [-0.25, -0.2) is 0 Å². The van der Waals surface area contributed by atoms with Crippen LogP contribution in [0.4, 0.5) is 0 Å². The van der Waals surface area contributed by atoms with Crippen LogP contribution in [0.1, 0.15) is 26.2 Å². The van der Waals surface area contributed by atoms with Gasteiger partial charge < -0.3 is 10.1 Å². The minimum absolute atomic E-state index is 0.105. The molecular formula is C15H19Cl2NO2. The van der Waals surface area contributed by atoms with Gasteiger partial charge in [-0.15, -0.1) is 11.6 Å². The first-order valence-electron chi connectivity index (χ1n) is 6.88. The number of hydrogen-bond donors (Lipinski definition) is 1. The summed E-state index contributed by atoms with van der Waals surface area (Å²) in [5.74, 6) is 1.46. The van der Waals surface area contributed by atoms with Crippen LogP contribution in [0.5, 0.6) is 5.75 Å². The largest absolute Gasteiger partial charge is 0.481 e. The summed E-state index contributed by atoms with van der Waals surface area (Å²) in [7, 11) is 0. The molecule has 1 N–H and O–H groups in total. The van der Waals surface area contributed by atoms with Crippen molar-refractivity contribution in [1.29, 1.82) is 0 Å². The third kappa shape index (κ3) is 4.03. The van der Waals surface area contributed by atoms with Crippen LogP contribution in [0, 0.1) is 5.92 Å². The van der Waals surface area contributed by atoms with E-state index in [4.69, 9.17) is 27.9 Å². The van der Waals surface area contributed by atoms with Gasteiger partial charge in [-0.3, -0.25) is 4.79 Å². The summed E-state index contributed by atoms with van der Waals surface area (Å²) in [5.41, 5.74) is 0. The number of rotatable bonds is 5. The van der Waals surface area contributed by atoms with E-state index in [0.717, 1.165) is 19.3 Å². The number of carbonyl (C=O) groups is 1. The molecule has 0 aromatic heterocycles. The van der Waals surface area contributed by atoms with Gasteiger partial charge in [0.2, 0.25) is 0 Å². The molecular weight excluding hydrogens is 297 g/mol. The minimum Gasteiger partial charge on any atom is -0.481 e. The molecule has 5 heteroatoms. The average Bonchev–Trinajstić information content (AvgIpc) is 2.85. The first-order chi connectivity index (χ1) is 9.60. The minimum atomic E-state index is -0.551. The predicted molar refractivity (Wildman–Crippen MR) is 81.5 cm³/mol. The molecule has 110 valence electrons. The summed E-state index contributed by atoms with van der Waals surface area (Å²) >= 11 is 11.8. The average molecular weight is 316 g/mol. The van der Waals surface area contributed by atoms with E-state index in [-0.39, 0.29) is 11.9 Å². The molecule has 3 nitrogen and oxygen atoms in total. The highest BCUT2D eigenvalue weighted by Crippen LogP contribution is 2.26. The van der Waals surface area contributed by atoms with Gasteiger partial charge >= 0.3 is 0 Å². The van der Waals surface area contributed by atoms with Crippen molar-refractivity contribution in [2.24, 2.45) is 5.92 Å². The van der Waals surface area contributed by atoms with E-state index in [1.165, 1.54) is 0 Å². The second-order valence-corrected chi connectivity index (χ2v) is 5.92. The summed E-state index contributed by atoms with van der Waals surface area (Å²) in [6.07, 6.45) is 2.64. The van der Waals surface area contributed by atoms with Gasteiger partial charge in [0, 0.05) is 16.9 Å². The molecule has 0 aliphatic heterocycles. The number of benzene rings is 1. The molecule has 20 heavy (non-hydrogen) atoms. The molecule has 0 bridgehead atoms. The van der Waals surface area contributed by atoms with Gasteiger partial charge in [-0.2, -0.15) is 0 Å². The zero-order valence-electron chi connectivity index (χ0n) is 11.4. The Kier molecular flexibility index (Phi) is 5.55. The van der Waals surface area contributed by atoms with Crippen LogP contribution in [-0.4, -0.2) is 23.9 Å². The Morgan fingerprint density at radius 1 is 1.50 bits per heavy atom. The Hall–Kier alpha value is -0.930. The van der Waals surface area contributed by atoms with E-state index in [2.05, 4.69) is 5.32 Å². The van der Waals surface area contributed by atoms with E-state index < -0.39 is 6.10 Å². The molecule has 0 heterocycles. The second-order valence-electron chi connectivity index (χ2n) is 5.18. The molecule has 0 spiro atoms. The number of carbonyl (C=O) groups excluding carboxylic acids is 1. The van der Waals surface area contributed by atoms with E-state index in [1.807, 2.05) is 0 Å². The van der Waals surface area contributed by atoms with Gasteiger partial charge in [0.05, 0.1) is 0 Å². The van der Waals surface area contributed by atoms with Gasteiger partial charge in [0.25, 0.3) is 5.91 Å². The highest BCUT2D eigenvalue weighted by Gasteiger charge is 2.29. The summed E-state index contributed by atoms with van der Waals surface area (Å²) in [6.45, 7) is 1.74. The first kappa shape index (κ1) is 15.5. The highest BCUT2D eigenvalue weighted by atomic mass is 35.5. The van der Waals surface area contributed by atoms with Gasteiger partial charge in [0.15, 0.2) is 6.10 Å². The zero-order valence-corrected chi connectivity index (χ0v) is 13.0. The monoisotopic (exact) mass is 315 g/mol. The van der Waals surface area contributed by atoms with Crippen LogP contribution < -0.4 is 10.1 Å². The number of halogens is 2. The van der Waals surface area contributed by atoms with Crippen molar-refractivity contribution in [1.82, 2.24) is 5.32 Å². The normalized spacial score (nSPS) is 23.4. The van der Waals surface area contributed by atoms with Crippen molar-refractivity contribution in [2.75, 3.05) is 5.88 Å². The smallest absolute Gasteiger partial charge is 0.261 e. The molecule has 1 fully saturated rings. The lowest BCUT2D eigenvalue weighted by atomic mass is 10.1. The molecule has 1 saturated carbocycles. The fourth-order valence-corrected chi connectivity index (χ4v) is 3.06. The first-order valence-corrected chi connectivity index (χ1v) is 7.80. The summed E-state index contributed by atoms with van der Waals surface area (Å²) < 4.78 is 5.61. The van der Waals surface area contributed by atoms with E-state index in [1.54, 1.807) is 31.2 Å². The van der Waals surface area contributed by atoms with Gasteiger partial charge in [0.1, 0.15) is 5.75 Å². The van der Waals surface area contributed by atoms with Crippen LogP contribution >= 0.6 is 23.2 Å². The van der Waals surface area contributed by atoms with Crippen LogP contribution in [0.2, 0.25) is 5.02 Å².